The van der Waals surface area contributed by atoms with E-state index >= 15 is 0 Å². The highest BCUT2D eigenvalue weighted by Crippen LogP contribution is 2.29. The largest absolute Gasteiger partial charge is 0.494 e. The topological polar surface area (TPSA) is 51.2 Å². The molecule has 0 unspecified atom stereocenters. The van der Waals surface area contributed by atoms with E-state index in [1.165, 1.54) is 11.3 Å². The Morgan fingerprint density at radius 1 is 1.61 bits per heavy atom. The van der Waals surface area contributed by atoms with Crippen LogP contribution in [0.2, 0.25) is 0 Å². The van der Waals surface area contributed by atoms with Gasteiger partial charge in [-0.3, -0.25) is 4.79 Å². The number of aromatic nitrogens is 1. The number of carbonyl (C=O) groups is 1. The average molecular weight is 285 g/mol. The summed E-state index contributed by atoms with van der Waals surface area (Å²) in [4.78, 5) is 15.8. The Kier molecular flexibility index (Phi) is 4.04. The summed E-state index contributed by atoms with van der Waals surface area (Å²) in [5, 5.41) is 2.66. The SMILES string of the molecule is CCOc1ccc2nc(NC(=O)[C@H](C)Cl)sc2c1. The van der Waals surface area contributed by atoms with E-state index in [9.17, 15) is 4.79 Å². The van der Waals surface area contributed by atoms with Crippen LogP contribution in [0, 0.1) is 0 Å². The summed E-state index contributed by atoms with van der Waals surface area (Å²) in [6.07, 6.45) is 0. The van der Waals surface area contributed by atoms with Gasteiger partial charge in [-0.15, -0.1) is 11.6 Å². The van der Waals surface area contributed by atoms with E-state index in [0.29, 0.717) is 11.7 Å². The molecule has 6 heteroatoms. The number of halogens is 1. The zero-order valence-corrected chi connectivity index (χ0v) is 11.6. The van der Waals surface area contributed by atoms with Crippen molar-refractivity contribution < 1.29 is 9.53 Å². The normalized spacial score (nSPS) is 12.4. The molecule has 2 rings (SSSR count). The first-order chi connectivity index (χ1) is 8.60. The molecule has 96 valence electrons. The number of nitrogens with one attached hydrogen (secondary N) is 1. The Bertz CT molecular complexity index is 568. The number of rotatable bonds is 4. The zero-order valence-electron chi connectivity index (χ0n) is 10.1. The van der Waals surface area contributed by atoms with Crippen LogP contribution in [0.25, 0.3) is 10.2 Å². The van der Waals surface area contributed by atoms with Crippen molar-refractivity contribution in [1.29, 1.82) is 0 Å². The molecule has 0 spiro atoms. The van der Waals surface area contributed by atoms with Gasteiger partial charge >= 0.3 is 0 Å². The van der Waals surface area contributed by atoms with Crippen LogP contribution in [0.15, 0.2) is 18.2 Å². The predicted molar refractivity (Wildman–Crippen MR) is 74.7 cm³/mol. The summed E-state index contributed by atoms with van der Waals surface area (Å²) in [5.41, 5.74) is 0.834. The number of carbonyl (C=O) groups excluding carboxylic acids is 1. The molecule has 0 saturated heterocycles. The lowest BCUT2D eigenvalue weighted by Gasteiger charge is -2.01. The number of amides is 1. The quantitative estimate of drug-likeness (QED) is 0.877. The van der Waals surface area contributed by atoms with Gasteiger partial charge in [0.1, 0.15) is 11.1 Å². The van der Waals surface area contributed by atoms with E-state index in [0.717, 1.165) is 16.0 Å². The van der Waals surface area contributed by atoms with E-state index in [1.807, 2.05) is 25.1 Å². The van der Waals surface area contributed by atoms with E-state index in [1.54, 1.807) is 6.92 Å². The number of benzene rings is 1. The third-order valence-corrected chi connectivity index (χ3v) is 3.39. The van der Waals surface area contributed by atoms with Gasteiger partial charge in [0.25, 0.3) is 0 Å². The van der Waals surface area contributed by atoms with Crippen LogP contribution >= 0.6 is 22.9 Å². The molecule has 0 aliphatic heterocycles. The molecule has 4 nitrogen and oxygen atoms in total. The lowest BCUT2D eigenvalue weighted by Crippen LogP contribution is -2.19. The molecule has 1 atom stereocenters. The second-order valence-electron chi connectivity index (χ2n) is 3.69. The van der Waals surface area contributed by atoms with Gasteiger partial charge in [0.15, 0.2) is 5.13 Å². The van der Waals surface area contributed by atoms with Gasteiger partial charge in [-0.05, 0) is 32.0 Å². The number of anilines is 1. The molecule has 18 heavy (non-hydrogen) atoms. The number of alkyl halides is 1. The van der Waals surface area contributed by atoms with Gasteiger partial charge in [-0.2, -0.15) is 0 Å². The second kappa shape index (κ2) is 5.54. The Morgan fingerprint density at radius 3 is 3.06 bits per heavy atom. The molecule has 1 heterocycles. The van der Waals surface area contributed by atoms with Crippen molar-refractivity contribution in [3.05, 3.63) is 18.2 Å². The fourth-order valence-electron chi connectivity index (χ4n) is 1.42. The van der Waals surface area contributed by atoms with Gasteiger partial charge in [-0.25, -0.2) is 4.98 Å². The van der Waals surface area contributed by atoms with E-state index in [4.69, 9.17) is 16.3 Å². The third-order valence-electron chi connectivity index (χ3n) is 2.26. The maximum absolute atomic E-state index is 11.5. The molecule has 0 fully saturated rings. The Morgan fingerprint density at radius 2 is 2.39 bits per heavy atom. The first-order valence-corrected chi connectivity index (χ1v) is 6.83. The molecule has 0 radical (unpaired) electrons. The van der Waals surface area contributed by atoms with Crippen molar-refractivity contribution in [3.8, 4) is 5.75 Å². The van der Waals surface area contributed by atoms with Crippen LogP contribution < -0.4 is 10.1 Å². The smallest absolute Gasteiger partial charge is 0.243 e. The van der Waals surface area contributed by atoms with Crippen LogP contribution in [-0.2, 0) is 4.79 Å². The number of ether oxygens (including phenoxy) is 1. The molecule has 1 aromatic carbocycles. The fraction of sp³-hybridized carbons (Fsp3) is 0.333. The van der Waals surface area contributed by atoms with E-state index in [-0.39, 0.29) is 5.91 Å². The molecule has 0 saturated carbocycles. The van der Waals surface area contributed by atoms with Gasteiger partial charge in [0.05, 0.1) is 16.8 Å². The van der Waals surface area contributed by atoms with Crippen molar-refractivity contribution in [2.75, 3.05) is 11.9 Å². The lowest BCUT2D eigenvalue weighted by atomic mass is 10.3. The standard InChI is InChI=1S/C12H13ClN2O2S/c1-3-17-8-4-5-9-10(6-8)18-12(14-9)15-11(16)7(2)13/h4-7H,3H2,1-2H3,(H,14,15,16)/t7-/m0/s1. The maximum atomic E-state index is 11.5. The number of hydrogen-bond donors (Lipinski definition) is 1. The maximum Gasteiger partial charge on any atom is 0.243 e. The Hall–Kier alpha value is -1.33. The van der Waals surface area contributed by atoms with Crippen LogP contribution in [0.4, 0.5) is 5.13 Å². The number of fused-ring (bicyclic) bond motifs is 1. The molecule has 1 aromatic heterocycles. The highest BCUT2D eigenvalue weighted by atomic mass is 35.5. The molecular weight excluding hydrogens is 272 g/mol. The third kappa shape index (κ3) is 2.91. The van der Waals surface area contributed by atoms with Crippen molar-refractivity contribution in [2.45, 2.75) is 19.2 Å². The van der Waals surface area contributed by atoms with Gasteiger partial charge in [-0.1, -0.05) is 11.3 Å². The summed E-state index contributed by atoms with van der Waals surface area (Å²) in [7, 11) is 0. The van der Waals surface area contributed by atoms with Crippen molar-refractivity contribution in [1.82, 2.24) is 4.98 Å². The number of nitrogens with zero attached hydrogens (tertiary/aromatic N) is 1. The van der Waals surface area contributed by atoms with Crippen molar-refractivity contribution in [2.24, 2.45) is 0 Å². The molecule has 0 bridgehead atoms. The van der Waals surface area contributed by atoms with Crippen molar-refractivity contribution in [3.63, 3.8) is 0 Å². The zero-order chi connectivity index (χ0) is 13.1. The summed E-state index contributed by atoms with van der Waals surface area (Å²) >= 11 is 7.09. The minimum atomic E-state index is -0.573. The van der Waals surface area contributed by atoms with Crippen molar-refractivity contribution >= 4 is 44.2 Å². The Labute approximate surface area is 114 Å². The number of thiazole rings is 1. The summed E-state index contributed by atoms with van der Waals surface area (Å²) in [6.45, 7) is 4.18. The highest BCUT2D eigenvalue weighted by Gasteiger charge is 2.12. The van der Waals surface area contributed by atoms with E-state index < -0.39 is 5.38 Å². The van der Waals surface area contributed by atoms with Crippen LogP contribution in [0.1, 0.15) is 13.8 Å². The lowest BCUT2D eigenvalue weighted by molar-refractivity contribution is -0.115. The minimum absolute atomic E-state index is 0.249. The highest BCUT2D eigenvalue weighted by molar-refractivity contribution is 7.22. The predicted octanol–water partition coefficient (Wildman–Crippen LogP) is 3.26. The van der Waals surface area contributed by atoms with E-state index in [2.05, 4.69) is 10.3 Å². The van der Waals surface area contributed by atoms with Crippen LogP contribution in [0.3, 0.4) is 0 Å². The summed E-state index contributed by atoms with van der Waals surface area (Å²) in [5.74, 6) is 0.554. The number of hydrogen-bond acceptors (Lipinski definition) is 4. The molecule has 1 N–H and O–H groups in total. The molecule has 2 aromatic rings. The average Bonchev–Trinajstić information content (AvgIpc) is 2.70. The molecular formula is C12H13ClN2O2S. The molecule has 0 aliphatic rings. The molecule has 1 amide bonds. The molecule has 0 aliphatic carbocycles. The second-order valence-corrected chi connectivity index (χ2v) is 5.37. The van der Waals surface area contributed by atoms with Crippen LogP contribution in [-0.4, -0.2) is 22.9 Å². The summed E-state index contributed by atoms with van der Waals surface area (Å²) < 4.78 is 6.38. The minimum Gasteiger partial charge on any atom is -0.494 e. The van der Waals surface area contributed by atoms with Gasteiger partial charge in [0.2, 0.25) is 5.91 Å². The van der Waals surface area contributed by atoms with Crippen LogP contribution in [0.5, 0.6) is 5.75 Å². The van der Waals surface area contributed by atoms with Gasteiger partial charge in [0, 0.05) is 0 Å². The fourth-order valence-corrected chi connectivity index (χ4v) is 2.37. The Balaban J connectivity index is 2.24. The monoisotopic (exact) mass is 284 g/mol. The first kappa shape index (κ1) is 13.1. The summed E-state index contributed by atoms with van der Waals surface area (Å²) in [6, 6.07) is 5.65. The van der Waals surface area contributed by atoms with Gasteiger partial charge < -0.3 is 10.1 Å². The first-order valence-electron chi connectivity index (χ1n) is 5.58.